The summed E-state index contributed by atoms with van der Waals surface area (Å²) in [6.45, 7) is 2.62. The Labute approximate surface area is 163 Å². The molecule has 144 valence electrons. The summed E-state index contributed by atoms with van der Waals surface area (Å²) >= 11 is 0. The molecule has 2 aromatic rings. The van der Waals surface area contributed by atoms with Gasteiger partial charge < -0.3 is 15.2 Å². The quantitative estimate of drug-likeness (QED) is 0.835. The molecule has 2 aromatic heterocycles. The zero-order chi connectivity index (χ0) is 19.7. The van der Waals surface area contributed by atoms with E-state index in [1.807, 2.05) is 31.3 Å². The third-order valence-electron chi connectivity index (χ3n) is 5.46. The topological polar surface area (TPSA) is 102 Å². The van der Waals surface area contributed by atoms with Crippen molar-refractivity contribution in [2.45, 2.75) is 45.1 Å². The fourth-order valence-electron chi connectivity index (χ4n) is 3.79. The van der Waals surface area contributed by atoms with Gasteiger partial charge in [-0.3, -0.25) is 9.59 Å². The largest absolute Gasteiger partial charge is 0.346 e. The van der Waals surface area contributed by atoms with E-state index in [0.717, 1.165) is 41.4 Å². The highest BCUT2D eigenvalue weighted by molar-refractivity contribution is 5.97. The number of aromatic amines is 1. The minimum absolute atomic E-state index is 0.0293. The van der Waals surface area contributed by atoms with Crippen molar-refractivity contribution < 1.29 is 9.59 Å². The monoisotopic (exact) mass is 377 g/mol. The molecular weight excluding hydrogens is 354 g/mol. The molecular formula is C21H23N5O2. The summed E-state index contributed by atoms with van der Waals surface area (Å²) in [7, 11) is 0. The maximum absolute atomic E-state index is 12.2. The van der Waals surface area contributed by atoms with E-state index in [1.165, 1.54) is 0 Å². The van der Waals surface area contributed by atoms with Crippen LogP contribution in [0.4, 0.5) is 5.82 Å². The van der Waals surface area contributed by atoms with E-state index >= 15 is 0 Å². The molecule has 1 atom stereocenters. The van der Waals surface area contributed by atoms with Crippen molar-refractivity contribution >= 4 is 34.2 Å². The molecule has 0 spiro atoms. The summed E-state index contributed by atoms with van der Waals surface area (Å²) in [5.74, 6) is 0.576. The predicted octanol–water partition coefficient (Wildman–Crippen LogP) is 3.22. The van der Waals surface area contributed by atoms with Gasteiger partial charge in [-0.1, -0.05) is 13.0 Å². The Kier molecular flexibility index (Phi) is 4.86. The van der Waals surface area contributed by atoms with Gasteiger partial charge in [-0.05, 0) is 49.0 Å². The van der Waals surface area contributed by atoms with Gasteiger partial charge in [0.2, 0.25) is 11.8 Å². The predicted molar refractivity (Wildman–Crippen MR) is 106 cm³/mol. The van der Waals surface area contributed by atoms with Crippen molar-refractivity contribution in [3.8, 4) is 6.07 Å². The molecule has 0 saturated heterocycles. The zero-order valence-electron chi connectivity index (χ0n) is 15.9. The maximum Gasteiger partial charge on any atom is 0.237 e. The molecule has 2 amide bonds. The average Bonchev–Trinajstić information content (AvgIpc) is 3.45. The molecule has 1 fully saturated rings. The minimum atomic E-state index is -0.122. The number of rotatable bonds is 5. The lowest BCUT2D eigenvalue weighted by Crippen LogP contribution is -2.41. The number of nitrogens with zero attached hydrogens (tertiary/aromatic N) is 3. The molecule has 28 heavy (non-hydrogen) atoms. The number of hydrogen-bond acceptors (Lipinski definition) is 4. The highest BCUT2D eigenvalue weighted by atomic mass is 16.2. The van der Waals surface area contributed by atoms with E-state index in [1.54, 1.807) is 4.90 Å². The van der Waals surface area contributed by atoms with Crippen LogP contribution in [-0.4, -0.2) is 39.3 Å². The standard InChI is InChI=1S/C21H23N5O2/c1-2-15-11-14(7-10-26(15)19(27)5-8-22)17-12-18(25-21(28)13-3-4-13)24-20-16(17)6-9-23-20/h6,9,11-13,15H,2-5,7,10H2,1H3,(H2,23,24,25,28)/t15-/m1/s1. The van der Waals surface area contributed by atoms with Gasteiger partial charge in [-0.2, -0.15) is 5.26 Å². The SMILES string of the molecule is CC[C@@H]1C=C(c2cc(NC(=O)C3CC3)nc3[nH]ccc23)CCN1C(=O)CC#N. The molecule has 7 heteroatoms. The van der Waals surface area contributed by atoms with Gasteiger partial charge in [-0.25, -0.2) is 4.98 Å². The molecule has 1 saturated carbocycles. The third kappa shape index (κ3) is 3.50. The maximum atomic E-state index is 12.2. The molecule has 1 aliphatic carbocycles. The van der Waals surface area contributed by atoms with E-state index in [-0.39, 0.29) is 30.2 Å². The second-order valence-electron chi connectivity index (χ2n) is 7.40. The smallest absolute Gasteiger partial charge is 0.237 e. The number of hydrogen-bond donors (Lipinski definition) is 2. The Bertz CT molecular complexity index is 996. The molecule has 3 heterocycles. The fraction of sp³-hybridized carbons (Fsp3) is 0.429. The lowest BCUT2D eigenvalue weighted by atomic mass is 9.93. The number of pyridine rings is 1. The number of fused-ring (bicyclic) bond motifs is 1. The number of anilines is 1. The Morgan fingerprint density at radius 2 is 2.25 bits per heavy atom. The highest BCUT2D eigenvalue weighted by Crippen LogP contribution is 2.34. The van der Waals surface area contributed by atoms with Crippen molar-refractivity contribution in [3.63, 3.8) is 0 Å². The van der Waals surface area contributed by atoms with Gasteiger partial charge in [0, 0.05) is 24.0 Å². The number of nitriles is 1. The van der Waals surface area contributed by atoms with Crippen molar-refractivity contribution in [3.05, 3.63) is 30.0 Å². The molecule has 0 aromatic carbocycles. The lowest BCUT2D eigenvalue weighted by Gasteiger charge is -2.34. The Balaban J connectivity index is 1.67. The first-order chi connectivity index (χ1) is 13.6. The Morgan fingerprint density at radius 1 is 1.43 bits per heavy atom. The van der Waals surface area contributed by atoms with E-state index in [9.17, 15) is 9.59 Å². The van der Waals surface area contributed by atoms with Gasteiger partial charge in [0.25, 0.3) is 0 Å². The third-order valence-corrected chi connectivity index (χ3v) is 5.46. The first kappa shape index (κ1) is 18.2. The molecule has 7 nitrogen and oxygen atoms in total. The van der Waals surface area contributed by atoms with Crippen LogP contribution in [0.25, 0.3) is 16.6 Å². The molecule has 0 unspecified atom stereocenters. The van der Waals surface area contributed by atoms with Gasteiger partial charge >= 0.3 is 0 Å². The molecule has 0 radical (unpaired) electrons. The molecule has 2 N–H and O–H groups in total. The van der Waals surface area contributed by atoms with E-state index < -0.39 is 0 Å². The normalized spacial score (nSPS) is 19.2. The number of carbonyl (C=O) groups is 2. The Hall–Kier alpha value is -3.14. The van der Waals surface area contributed by atoms with E-state index in [0.29, 0.717) is 18.8 Å². The minimum Gasteiger partial charge on any atom is -0.346 e. The van der Waals surface area contributed by atoms with Gasteiger partial charge in [0.05, 0.1) is 12.1 Å². The second-order valence-corrected chi connectivity index (χ2v) is 7.40. The van der Waals surface area contributed by atoms with Crippen LogP contribution in [0.5, 0.6) is 0 Å². The van der Waals surface area contributed by atoms with Crippen LogP contribution in [0.2, 0.25) is 0 Å². The van der Waals surface area contributed by atoms with Crippen LogP contribution in [0.15, 0.2) is 24.4 Å². The molecule has 1 aliphatic heterocycles. The van der Waals surface area contributed by atoms with Gasteiger partial charge in [-0.15, -0.1) is 0 Å². The first-order valence-electron chi connectivity index (χ1n) is 9.77. The van der Waals surface area contributed by atoms with Crippen LogP contribution in [0.3, 0.4) is 0 Å². The lowest BCUT2D eigenvalue weighted by molar-refractivity contribution is -0.131. The zero-order valence-corrected chi connectivity index (χ0v) is 15.9. The number of nitrogens with one attached hydrogen (secondary N) is 2. The summed E-state index contributed by atoms with van der Waals surface area (Å²) < 4.78 is 0. The highest BCUT2D eigenvalue weighted by Gasteiger charge is 2.30. The second kappa shape index (κ2) is 7.47. The number of amides is 2. The number of carbonyl (C=O) groups excluding carboxylic acids is 2. The Morgan fingerprint density at radius 3 is 2.96 bits per heavy atom. The summed E-state index contributed by atoms with van der Waals surface area (Å²) in [6, 6.07) is 5.83. The van der Waals surface area contributed by atoms with E-state index in [4.69, 9.17) is 5.26 Å². The molecule has 2 aliphatic rings. The van der Waals surface area contributed by atoms with Crippen molar-refractivity contribution in [1.82, 2.24) is 14.9 Å². The summed E-state index contributed by atoms with van der Waals surface area (Å²) in [4.78, 5) is 33.9. The molecule has 0 bridgehead atoms. The summed E-state index contributed by atoms with van der Waals surface area (Å²) in [5, 5.41) is 12.8. The van der Waals surface area contributed by atoms with Crippen molar-refractivity contribution in [1.29, 1.82) is 5.26 Å². The van der Waals surface area contributed by atoms with Crippen molar-refractivity contribution in [2.75, 3.05) is 11.9 Å². The summed E-state index contributed by atoms with van der Waals surface area (Å²) in [6.07, 6.45) is 7.25. The van der Waals surface area contributed by atoms with Gasteiger partial charge in [0.15, 0.2) is 0 Å². The number of H-pyrrole nitrogens is 1. The molecule has 4 rings (SSSR count). The van der Waals surface area contributed by atoms with Crippen LogP contribution in [0.1, 0.15) is 44.6 Å². The van der Waals surface area contributed by atoms with Crippen molar-refractivity contribution in [2.24, 2.45) is 5.92 Å². The van der Waals surface area contributed by atoms with Crippen LogP contribution in [-0.2, 0) is 9.59 Å². The first-order valence-corrected chi connectivity index (χ1v) is 9.77. The van der Waals surface area contributed by atoms with Crippen LogP contribution >= 0.6 is 0 Å². The fourth-order valence-corrected chi connectivity index (χ4v) is 3.79. The van der Waals surface area contributed by atoms with Gasteiger partial charge in [0.1, 0.15) is 17.9 Å². The summed E-state index contributed by atoms with van der Waals surface area (Å²) in [5.41, 5.74) is 2.91. The van der Waals surface area contributed by atoms with E-state index in [2.05, 4.69) is 21.4 Å². The average molecular weight is 377 g/mol. The number of aromatic nitrogens is 2. The van der Waals surface area contributed by atoms with Crippen LogP contribution < -0.4 is 5.32 Å². The van der Waals surface area contributed by atoms with Crippen LogP contribution in [0, 0.1) is 17.2 Å².